The topological polar surface area (TPSA) is 102 Å². The van der Waals surface area contributed by atoms with Gasteiger partial charge in [-0.2, -0.15) is 0 Å². The molecule has 4 rings (SSSR count). The van der Waals surface area contributed by atoms with Crippen molar-refractivity contribution in [3.8, 4) is 5.75 Å². The molecule has 2 aromatic rings. The van der Waals surface area contributed by atoms with Crippen LogP contribution in [0.15, 0.2) is 48.5 Å². The number of β-amino-alcohol motifs (C(OH)–C–C–N with tert-alkyl or cyclic N) is 1. The fourth-order valence-electron chi connectivity index (χ4n) is 6.05. The minimum Gasteiger partial charge on any atom is -0.508 e. The normalized spacial score (nSPS) is 23.1. The number of nitrogens with one attached hydrogen (secondary N) is 2. The number of aliphatic hydroxyl groups excluding tert-OH is 1. The zero-order valence-electron chi connectivity index (χ0n) is 24.2. The summed E-state index contributed by atoms with van der Waals surface area (Å²) >= 11 is 1.48. The maximum Gasteiger partial charge on any atom is 0.252 e. The van der Waals surface area contributed by atoms with Gasteiger partial charge in [0.05, 0.1) is 12.1 Å². The number of amides is 2. The Morgan fingerprint density at radius 1 is 1.05 bits per heavy atom. The largest absolute Gasteiger partial charge is 0.508 e. The van der Waals surface area contributed by atoms with Crippen molar-refractivity contribution in [1.82, 2.24) is 15.5 Å². The van der Waals surface area contributed by atoms with E-state index in [0.29, 0.717) is 28.7 Å². The molecule has 0 aromatic heterocycles. The van der Waals surface area contributed by atoms with Crippen molar-refractivity contribution in [2.45, 2.75) is 88.6 Å². The SMILES string of the molecule is Cc1c(O)cccc1C(=O)N[C@@H](SCc1ccccc1)[C@H](O)CN1C[C@H]2CCCC[C@H]2C[C@H]1C(=O)NC(C)(C)C. The van der Waals surface area contributed by atoms with Crippen LogP contribution in [-0.4, -0.2) is 63.1 Å². The van der Waals surface area contributed by atoms with Crippen molar-refractivity contribution < 1.29 is 19.8 Å². The minimum absolute atomic E-state index is 0.0108. The van der Waals surface area contributed by atoms with E-state index in [2.05, 4.69) is 15.5 Å². The Bertz CT molecular complexity index is 1150. The molecule has 0 bridgehead atoms. The molecular weight excluding hydrogens is 522 g/mol. The molecule has 0 radical (unpaired) electrons. The molecule has 218 valence electrons. The van der Waals surface area contributed by atoms with Crippen molar-refractivity contribution >= 4 is 23.6 Å². The number of likely N-dealkylation sites (tertiary alicyclic amines) is 1. The molecule has 5 atom stereocenters. The summed E-state index contributed by atoms with van der Waals surface area (Å²) in [7, 11) is 0. The molecule has 2 amide bonds. The van der Waals surface area contributed by atoms with Crippen LogP contribution in [0.25, 0.3) is 0 Å². The lowest BCUT2D eigenvalue weighted by atomic mass is 9.72. The second kappa shape index (κ2) is 13.4. The number of benzene rings is 2. The zero-order chi connectivity index (χ0) is 28.9. The maximum atomic E-state index is 13.5. The van der Waals surface area contributed by atoms with Crippen LogP contribution in [0.2, 0.25) is 0 Å². The Hall–Kier alpha value is -2.55. The predicted molar refractivity (Wildman–Crippen MR) is 161 cm³/mol. The highest BCUT2D eigenvalue weighted by atomic mass is 32.2. The number of hydrogen-bond donors (Lipinski definition) is 4. The van der Waals surface area contributed by atoms with E-state index in [0.717, 1.165) is 31.4 Å². The number of thioether (sulfide) groups is 1. The van der Waals surface area contributed by atoms with Gasteiger partial charge in [-0.15, -0.1) is 11.8 Å². The molecule has 0 unspecified atom stereocenters. The van der Waals surface area contributed by atoms with Gasteiger partial charge >= 0.3 is 0 Å². The van der Waals surface area contributed by atoms with Crippen molar-refractivity contribution in [3.63, 3.8) is 0 Å². The highest BCUT2D eigenvalue weighted by Gasteiger charge is 2.41. The van der Waals surface area contributed by atoms with Crippen molar-refractivity contribution in [3.05, 3.63) is 65.2 Å². The molecule has 1 heterocycles. The predicted octanol–water partition coefficient (Wildman–Crippen LogP) is 4.85. The third-order valence-corrected chi connectivity index (χ3v) is 9.46. The second-order valence-corrected chi connectivity index (χ2v) is 13.6. The first-order valence-electron chi connectivity index (χ1n) is 14.5. The number of rotatable bonds is 9. The molecule has 1 aliphatic carbocycles. The molecule has 2 aromatic carbocycles. The van der Waals surface area contributed by atoms with Gasteiger partial charge in [0.2, 0.25) is 5.91 Å². The summed E-state index contributed by atoms with van der Waals surface area (Å²) < 4.78 is 0. The number of carbonyl (C=O) groups is 2. The van der Waals surface area contributed by atoms with E-state index in [1.807, 2.05) is 51.1 Å². The molecule has 1 saturated heterocycles. The molecule has 2 fully saturated rings. The first-order chi connectivity index (χ1) is 19.0. The average molecular weight is 568 g/mol. The molecule has 4 N–H and O–H groups in total. The first-order valence-corrected chi connectivity index (χ1v) is 15.6. The number of aromatic hydroxyl groups is 1. The van der Waals surface area contributed by atoms with Gasteiger partial charge in [-0.3, -0.25) is 14.5 Å². The summed E-state index contributed by atoms with van der Waals surface area (Å²) in [4.78, 5) is 28.9. The van der Waals surface area contributed by atoms with Crippen LogP contribution in [0, 0.1) is 18.8 Å². The smallest absolute Gasteiger partial charge is 0.252 e. The molecule has 40 heavy (non-hydrogen) atoms. The number of aliphatic hydroxyl groups is 1. The lowest BCUT2D eigenvalue weighted by Crippen LogP contribution is -2.60. The van der Waals surface area contributed by atoms with Gasteiger partial charge in [-0.1, -0.05) is 55.7 Å². The van der Waals surface area contributed by atoms with Crippen LogP contribution in [0.4, 0.5) is 0 Å². The Morgan fingerprint density at radius 2 is 1.75 bits per heavy atom. The monoisotopic (exact) mass is 567 g/mol. The number of carbonyl (C=O) groups excluding carboxylic acids is 2. The van der Waals surface area contributed by atoms with Gasteiger partial charge in [0.1, 0.15) is 11.1 Å². The fraction of sp³-hybridized carbons (Fsp3) is 0.562. The van der Waals surface area contributed by atoms with Crippen molar-refractivity contribution in [2.75, 3.05) is 13.1 Å². The minimum atomic E-state index is -0.902. The van der Waals surface area contributed by atoms with Gasteiger partial charge < -0.3 is 20.8 Å². The van der Waals surface area contributed by atoms with E-state index in [9.17, 15) is 19.8 Å². The molecule has 0 spiro atoms. The zero-order valence-corrected chi connectivity index (χ0v) is 25.0. The summed E-state index contributed by atoms with van der Waals surface area (Å²) in [5.41, 5.74) is 1.63. The van der Waals surface area contributed by atoms with Crippen molar-refractivity contribution in [2.24, 2.45) is 11.8 Å². The number of nitrogens with zero attached hydrogens (tertiary/aromatic N) is 1. The number of piperidine rings is 1. The van der Waals surface area contributed by atoms with E-state index in [4.69, 9.17) is 0 Å². The maximum absolute atomic E-state index is 13.5. The summed E-state index contributed by atoms with van der Waals surface area (Å²) in [6.45, 7) is 8.75. The Labute approximate surface area is 243 Å². The third-order valence-electron chi connectivity index (χ3n) is 8.17. The van der Waals surface area contributed by atoms with Crippen LogP contribution < -0.4 is 10.6 Å². The standard InChI is InChI=1S/C32H45N3O4S/c1-21-25(15-10-16-27(21)36)29(38)33-31(40-20-22-11-6-5-7-12-22)28(37)19-35-18-24-14-9-8-13-23(24)17-26(35)30(39)34-32(2,3)4/h5-7,10-12,15-16,23-24,26,28,31,36-37H,8-9,13-14,17-20H2,1-4H3,(H,33,38)(H,34,39)/t23-,24+,26-,28+,31-/m0/s1. The van der Waals surface area contributed by atoms with Gasteiger partial charge in [0.15, 0.2) is 0 Å². The van der Waals surface area contributed by atoms with E-state index in [-0.39, 0.29) is 35.7 Å². The molecule has 2 aliphatic rings. The molecular formula is C32H45N3O4S. The van der Waals surface area contributed by atoms with Gasteiger partial charge in [0, 0.05) is 35.5 Å². The van der Waals surface area contributed by atoms with E-state index in [1.165, 1.54) is 24.6 Å². The van der Waals surface area contributed by atoms with E-state index in [1.54, 1.807) is 25.1 Å². The molecule has 1 saturated carbocycles. The highest BCUT2D eigenvalue weighted by molar-refractivity contribution is 7.99. The Morgan fingerprint density at radius 3 is 2.45 bits per heavy atom. The Balaban J connectivity index is 1.54. The van der Waals surface area contributed by atoms with E-state index < -0.39 is 11.5 Å². The van der Waals surface area contributed by atoms with Crippen LogP contribution in [-0.2, 0) is 10.5 Å². The summed E-state index contributed by atoms with van der Waals surface area (Å²) in [6, 6.07) is 14.5. The van der Waals surface area contributed by atoms with Gasteiger partial charge in [0.25, 0.3) is 5.91 Å². The van der Waals surface area contributed by atoms with Crippen LogP contribution in [0.5, 0.6) is 5.75 Å². The third kappa shape index (κ3) is 8.02. The summed E-state index contributed by atoms with van der Waals surface area (Å²) in [5.74, 6) is 1.40. The van der Waals surface area contributed by atoms with Crippen molar-refractivity contribution in [1.29, 1.82) is 0 Å². The average Bonchev–Trinajstić information content (AvgIpc) is 2.91. The number of phenolic OH excluding ortho intramolecular Hbond substituents is 1. The Kier molecular flexibility index (Phi) is 10.2. The second-order valence-electron chi connectivity index (χ2n) is 12.5. The summed E-state index contributed by atoms with van der Waals surface area (Å²) in [6.07, 6.45) is 4.65. The fourth-order valence-corrected chi connectivity index (χ4v) is 7.11. The van der Waals surface area contributed by atoms with Gasteiger partial charge in [-0.05, 0) is 70.1 Å². The highest BCUT2D eigenvalue weighted by Crippen LogP contribution is 2.39. The first kappa shape index (κ1) is 30.4. The van der Waals surface area contributed by atoms with Crippen LogP contribution >= 0.6 is 11.8 Å². The summed E-state index contributed by atoms with van der Waals surface area (Å²) in [5, 5.41) is 27.4. The number of phenols is 1. The lowest BCUT2D eigenvalue weighted by molar-refractivity contribution is -0.132. The molecule has 8 heteroatoms. The molecule has 7 nitrogen and oxygen atoms in total. The quantitative estimate of drug-likeness (QED) is 0.323. The number of fused-ring (bicyclic) bond motifs is 1. The van der Waals surface area contributed by atoms with E-state index >= 15 is 0 Å². The lowest BCUT2D eigenvalue weighted by Gasteiger charge is -2.47. The van der Waals surface area contributed by atoms with Gasteiger partial charge in [-0.25, -0.2) is 0 Å². The molecule has 1 aliphatic heterocycles. The van der Waals surface area contributed by atoms with Crippen LogP contribution in [0.3, 0.4) is 0 Å². The number of hydrogen-bond acceptors (Lipinski definition) is 6. The van der Waals surface area contributed by atoms with Crippen LogP contribution in [0.1, 0.15) is 74.4 Å².